The first-order valence-corrected chi connectivity index (χ1v) is 8.74. The smallest absolute Gasteiger partial charge is 0.326 e. The van der Waals surface area contributed by atoms with E-state index >= 15 is 0 Å². The molecular weight excluding hydrogens is 274 g/mol. The highest BCUT2D eigenvalue weighted by atomic mass is 32.2. The van der Waals surface area contributed by atoms with Crippen LogP contribution in [0.2, 0.25) is 0 Å². The van der Waals surface area contributed by atoms with Crippen LogP contribution in [0.4, 0.5) is 0 Å². The van der Waals surface area contributed by atoms with Gasteiger partial charge >= 0.3 is 5.97 Å². The first-order chi connectivity index (χ1) is 9.70. The summed E-state index contributed by atoms with van der Waals surface area (Å²) in [4.78, 5) is 12.3. The lowest BCUT2D eigenvalue weighted by Crippen LogP contribution is -2.55. The topological polar surface area (TPSA) is 47.6 Å². The van der Waals surface area contributed by atoms with E-state index in [-0.39, 0.29) is 5.97 Å². The second-order valence-corrected chi connectivity index (χ2v) is 7.32. The monoisotopic (exact) mass is 301 g/mol. The summed E-state index contributed by atoms with van der Waals surface area (Å²) in [5, 5.41) is 4.51. The third kappa shape index (κ3) is 3.89. The minimum Gasteiger partial charge on any atom is -0.465 e. The fraction of sp³-hybridized carbons (Fsp3) is 0.933. The van der Waals surface area contributed by atoms with E-state index in [0.717, 1.165) is 45.3 Å². The van der Waals surface area contributed by atoms with Crippen LogP contribution in [0, 0.1) is 0 Å². The van der Waals surface area contributed by atoms with Gasteiger partial charge in [0.15, 0.2) is 0 Å². The number of thioether (sulfide) groups is 1. The number of nitrogens with one attached hydrogen (secondary N) is 1. The maximum Gasteiger partial charge on any atom is 0.326 e. The molecule has 0 spiro atoms. The average molecular weight is 301 g/mol. The Morgan fingerprint density at radius 3 is 2.75 bits per heavy atom. The van der Waals surface area contributed by atoms with E-state index in [2.05, 4.69) is 17.1 Å². The Balaban J connectivity index is 1.93. The molecule has 5 heteroatoms. The van der Waals surface area contributed by atoms with Crippen molar-refractivity contribution in [3.63, 3.8) is 0 Å². The number of hydrogen-bond acceptors (Lipinski definition) is 5. The Morgan fingerprint density at radius 2 is 2.10 bits per heavy atom. The zero-order chi connectivity index (χ0) is 14.4. The van der Waals surface area contributed by atoms with Crippen LogP contribution in [0.1, 0.15) is 45.4 Å². The molecule has 2 rings (SSSR count). The molecule has 2 unspecified atom stereocenters. The Morgan fingerprint density at radius 1 is 1.35 bits per heavy atom. The predicted molar refractivity (Wildman–Crippen MR) is 82.1 cm³/mol. The number of ether oxygens (including phenoxy) is 2. The molecule has 1 heterocycles. The van der Waals surface area contributed by atoms with Gasteiger partial charge in [0, 0.05) is 23.7 Å². The van der Waals surface area contributed by atoms with Gasteiger partial charge in [-0.25, -0.2) is 0 Å². The molecule has 20 heavy (non-hydrogen) atoms. The molecule has 0 radical (unpaired) electrons. The van der Waals surface area contributed by atoms with Gasteiger partial charge in [-0.15, -0.1) is 0 Å². The zero-order valence-electron chi connectivity index (χ0n) is 12.7. The van der Waals surface area contributed by atoms with Gasteiger partial charge in [-0.3, -0.25) is 4.79 Å². The highest BCUT2D eigenvalue weighted by molar-refractivity contribution is 8.00. The summed E-state index contributed by atoms with van der Waals surface area (Å²) in [6.45, 7) is 4.11. The second kappa shape index (κ2) is 7.66. The van der Waals surface area contributed by atoms with Crippen molar-refractivity contribution < 1.29 is 14.3 Å². The maximum absolute atomic E-state index is 12.3. The van der Waals surface area contributed by atoms with Gasteiger partial charge in [0.05, 0.1) is 6.61 Å². The summed E-state index contributed by atoms with van der Waals surface area (Å²) in [6.07, 6.45) is 6.39. The Labute approximate surface area is 126 Å². The van der Waals surface area contributed by atoms with Crippen molar-refractivity contribution in [2.24, 2.45) is 0 Å². The van der Waals surface area contributed by atoms with Gasteiger partial charge < -0.3 is 14.8 Å². The van der Waals surface area contributed by atoms with Crippen molar-refractivity contribution in [2.45, 2.75) is 61.5 Å². The van der Waals surface area contributed by atoms with Crippen molar-refractivity contribution in [3.05, 3.63) is 0 Å². The van der Waals surface area contributed by atoms with Crippen molar-refractivity contribution >= 4 is 17.7 Å². The lowest BCUT2D eigenvalue weighted by atomic mass is 9.81. The van der Waals surface area contributed by atoms with Crippen LogP contribution in [-0.4, -0.2) is 48.9 Å². The maximum atomic E-state index is 12.3. The van der Waals surface area contributed by atoms with Crippen LogP contribution < -0.4 is 5.32 Å². The fourth-order valence-electron chi connectivity index (χ4n) is 3.21. The van der Waals surface area contributed by atoms with Crippen LogP contribution >= 0.6 is 11.8 Å². The minimum absolute atomic E-state index is 0.0697. The number of hydrogen-bond donors (Lipinski definition) is 1. The summed E-state index contributed by atoms with van der Waals surface area (Å²) < 4.78 is 10.7. The van der Waals surface area contributed by atoms with Gasteiger partial charge in [-0.05, 0) is 52.5 Å². The summed E-state index contributed by atoms with van der Waals surface area (Å²) in [6, 6.07) is 0. The van der Waals surface area contributed by atoms with Crippen molar-refractivity contribution in [1.29, 1.82) is 0 Å². The molecule has 1 aliphatic heterocycles. The van der Waals surface area contributed by atoms with Gasteiger partial charge in [-0.1, -0.05) is 0 Å². The average Bonchev–Trinajstić information content (AvgIpc) is 2.48. The fourth-order valence-corrected chi connectivity index (χ4v) is 4.90. The number of esters is 1. The Hall–Kier alpha value is -0.260. The molecular formula is C15H27NO3S. The van der Waals surface area contributed by atoms with Crippen LogP contribution in [0.25, 0.3) is 0 Å². The van der Waals surface area contributed by atoms with E-state index in [1.165, 1.54) is 6.42 Å². The second-order valence-electron chi connectivity index (χ2n) is 5.72. The zero-order valence-corrected chi connectivity index (χ0v) is 13.5. The van der Waals surface area contributed by atoms with Crippen molar-refractivity contribution in [1.82, 2.24) is 5.32 Å². The van der Waals surface area contributed by atoms with Crippen LogP contribution in [-0.2, 0) is 14.3 Å². The largest absolute Gasteiger partial charge is 0.465 e. The molecule has 0 amide bonds. The molecule has 2 atom stereocenters. The molecule has 0 bridgehead atoms. The molecule has 0 aromatic rings. The normalized spacial score (nSPS) is 32.0. The van der Waals surface area contributed by atoms with E-state index in [1.807, 2.05) is 14.0 Å². The van der Waals surface area contributed by atoms with Crippen LogP contribution in [0.5, 0.6) is 0 Å². The molecule has 116 valence electrons. The van der Waals surface area contributed by atoms with E-state index in [1.54, 1.807) is 0 Å². The number of carbonyl (C=O) groups excluding carboxylic acids is 1. The third-order valence-corrected chi connectivity index (χ3v) is 6.05. The first-order valence-electron chi connectivity index (χ1n) is 7.79. The van der Waals surface area contributed by atoms with E-state index in [4.69, 9.17) is 9.47 Å². The van der Waals surface area contributed by atoms with Gasteiger partial charge in [0.1, 0.15) is 5.54 Å². The SMILES string of the molecule is CCOC(=O)C1(NC)CCCC(SC2CCOCC2)C1. The summed E-state index contributed by atoms with van der Waals surface area (Å²) in [7, 11) is 1.89. The van der Waals surface area contributed by atoms with Gasteiger partial charge in [-0.2, -0.15) is 11.8 Å². The van der Waals surface area contributed by atoms with E-state index < -0.39 is 5.54 Å². The van der Waals surface area contributed by atoms with Crippen LogP contribution in [0.3, 0.4) is 0 Å². The predicted octanol–water partition coefficient (Wildman–Crippen LogP) is 2.36. The van der Waals surface area contributed by atoms with Gasteiger partial charge in [0.25, 0.3) is 0 Å². The molecule has 4 nitrogen and oxygen atoms in total. The summed E-state index contributed by atoms with van der Waals surface area (Å²) >= 11 is 2.07. The molecule has 1 saturated carbocycles. The summed E-state index contributed by atoms with van der Waals surface area (Å²) in [5.74, 6) is -0.0697. The van der Waals surface area contributed by atoms with Crippen molar-refractivity contribution in [2.75, 3.05) is 26.9 Å². The highest BCUT2D eigenvalue weighted by Gasteiger charge is 2.43. The van der Waals surface area contributed by atoms with Crippen molar-refractivity contribution in [3.8, 4) is 0 Å². The molecule has 2 fully saturated rings. The molecule has 2 aliphatic rings. The molecule has 0 aromatic carbocycles. The quantitative estimate of drug-likeness (QED) is 0.790. The van der Waals surface area contributed by atoms with E-state index in [9.17, 15) is 4.79 Å². The standard InChI is InChI=1S/C15H27NO3S/c1-3-19-14(17)15(16-2)8-4-5-13(11-15)20-12-6-9-18-10-7-12/h12-13,16H,3-11H2,1-2H3. The molecule has 0 aromatic heterocycles. The minimum atomic E-state index is -0.461. The molecule has 1 aliphatic carbocycles. The lowest BCUT2D eigenvalue weighted by molar-refractivity contribution is -0.152. The number of likely N-dealkylation sites (N-methyl/N-ethyl adjacent to an activating group) is 1. The summed E-state index contributed by atoms with van der Waals surface area (Å²) in [5.41, 5.74) is -0.461. The number of rotatable bonds is 5. The van der Waals surface area contributed by atoms with E-state index in [0.29, 0.717) is 17.1 Å². The van der Waals surface area contributed by atoms with Crippen LogP contribution in [0.15, 0.2) is 0 Å². The van der Waals surface area contributed by atoms with Gasteiger partial charge in [0.2, 0.25) is 0 Å². The Kier molecular flexibility index (Phi) is 6.18. The third-order valence-electron chi connectivity index (χ3n) is 4.40. The number of carbonyl (C=O) groups is 1. The molecule has 1 N–H and O–H groups in total. The molecule has 1 saturated heterocycles. The lowest BCUT2D eigenvalue weighted by Gasteiger charge is -2.39. The first kappa shape index (κ1) is 16.1. The highest BCUT2D eigenvalue weighted by Crippen LogP contribution is 2.39. The Bertz CT molecular complexity index is 320.